The smallest absolute Gasteiger partial charge is 0.226 e. The summed E-state index contributed by atoms with van der Waals surface area (Å²) in [5, 5.41) is 6.20. The quantitative estimate of drug-likeness (QED) is 0.512. The molecule has 0 aliphatic carbocycles. The minimum Gasteiger partial charge on any atom is -0.369 e. The molecule has 6 heteroatoms. The first kappa shape index (κ1) is 23.0. The number of anilines is 2. The highest BCUT2D eigenvalue weighted by Gasteiger charge is 2.17. The lowest BCUT2D eigenvalue weighted by Crippen LogP contribution is -2.45. The molecule has 1 fully saturated rings. The van der Waals surface area contributed by atoms with Crippen LogP contribution in [0.15, 0.2) is 84.9 Å². The van der Waals surface area contributed by atoms with Crippen LogP contribution in [-0.4, -0.2) is 42.1 Å². The first-order valence-corrected chi connectivity index (χ1v) is 11.8. The van der Waals surface area contributed by atoms with E-state index in [2.05, 4.69) is 62.9 Å². The average molecular weight is 459 g/mol. The maximum atomic E-state index is 12.2. The summed E-state index contributed by atoms with van der Waals surface area (Å²) in [7, 11) is 0. The molecule has 0 bridgehead atoms. The largest absolute Gasteiger partial charge is 0.369 e. The van der Waals surface area contributed by atoms with Crippen LogP contribution in [-0.2, 0) is 17.8 Å². The second kappa shape index (κ2) is 11.6. The van der Waals surface area contributed by atoms with E-state index in [4.69, 9.17) is 12.2 Å². The Morgan fingerprint density at radius 1 is 0.788 bits per heavy atom. The molecule has 1 amide bonds. The molecule has 3 aromatic carbocycles. The molecule has 0 unspecified atom stereocenters. The fourth-order valence-corrected chi connectivity index (χ4v) is 4.25. The summed E-state index contributed by atoms with van der Waals surface area (Å²) in [6.45, 7) is 5.12. The van der Waals surface area contributed by atoms with Crippen molar-refractivity contribution in [2.24, 2.45) is 0 Å². The summed E-state index contributed by atoms with van der Waals surface area (Å²) in [6, 6.07) is 28.8. The van der Waals surface area contributed by atoms with Gasteiger partial charge < -0.3 is 15.5 Å². The Bertz CT molecular complexity index is 1030. The van der Waals surface area contributed by atoms with Crippen molar-refractivity contribution >= 4 is 34.6 Å². The lowest BCUT2D eigenvalue weighted by atomic mass is 10.1. The summed E-state index contributed by atoms with van der Waals surface area (Å²) in [4.78, 5) is 17.1. The van der Waals surface area contributed by atoms with Crippen LogP contribution in [0.2, 0.25) is 0 Å². The van der Waals surface area contributed by atoms with Gasteiger partial charge in [-0.15, -0.1) is 0 Å². The molecule has 0 saturated carbocycles. The van der Waals surface area contributed by atoms with E-state index < -0.39 is 0 Å². The molecule has 2 N–H and O–H groups in total. The molecule has 5 nitrogen and oxygen atoms in total. The molecule has 0 atom stereocenters. The third kappa shape index (κ3) is 7.14. The molecule has 0 spiro atoms. The molecule has 1 saturated heterocycles. The molecule has 1 aliphatic heterocycles. The van der Waals surface area contributed by atoms with Gasteiger partial charge in [0.2, 0.25) is 5.91 Å². The number of carbonyl (C=O) groups excluding carboxylic acids is 1. The van der Waals surface area contributed by atoms with E-state index in [0.29, 0.717) is 18.0 Å². The topological polar surface area (TPSA) is 47.6 Å². The van der Waals surface area contributed by atoms with Crippen molar-refractivity contribution in [2.75, 3.05) is 36.4 Å². The molecule has 170 valence electrons. The van der Waals surface area contributed by atoms with Crippen LogP contribution in [0.3, 0.4) is 0 Å². The van der Waals surface area contributed by atoms with Crippen LogP contribution in [0.25, 0.3) is 0 Å². The number of piperazine rings is 1. The first-order valence-electron chi connectivity index (χ1n) is 11.4. The van der Waals surface area contributed by atoms with Crippen LogP contribution in [0.4, 0.5) is 11.4 Å². The predicted octanol–water partition coefficient (Wildman–Crippen LogP) is 4.45. The van der Waals surface area contributed by atoms with Crippen LogP contribution >= 0.6 is 12.2 Å². The van der Waals surface area contributed by atoms with Gasteiger partial charge in [0.1, 0.15) is 0 Å². The Morgan fingerprint density at radius 2 is 1.39 bits per heavy atom. The summed E-state index contributed by atoms with van der Waals surface area (Å²) < 4.78 is 0. The summed E-state index contributed by atoms with van der Waals surface area (Å²) in [5.74, 6) is -0.0821. The number of nitrogens with zero attached hydrogens (tertiary/aromatic N) is 2. The molecule has 4 rings (SSSR count). The molecule has 0 aromatic heterocycles. The third-order valence-corrected chi connectivity index (χ3v) is 6.05. The summed E-state index contributed by atoms with van der Waals surface area (Å²) in [6.07, 6.45) is 1.10. The number of aryl methyl sites for hydroxylation is 1. The fourth-order valence-electron chi connectivity index (χ4n) is 4.02. The van der Waals surface area contributed by atoms with E-state index in [1.807, 2.05) is 42.5 Å². The zero-order valence-electron chi connectivity index (χ0n) is 18.7. The van der Waals surface area contributed by atoms with Crippen molar-refractivity contribution in [1.29, 1.82) is 0 Å². The van der Waals surface area contributed by atoms with Gasteiger partial charge in [-0.3, -0.25) is 9.69 Å². The maximum absolute atomic E-state index is 12.2. The van der Waals surface area contributed by atoms with Crippen molar-refractivity contribution in [3.05, 3.63) is 96.1 Å². The van der Waals surface area contributed by atoms with E-state index in [1.165, 1.54) is 11.3 Å². The maximum Gasteiger partial charge on any atom is 0.226 e. The van der Waals surface area contributed by atoms with Gasteiger partial charge in [-0.2, -0.15) is 0 Å². The number of hydrogen-bond acceptors (Lipinski definition) is 4. The lowest BCUT2D eigenvalue weighted by Gasteiger charge is -2.36. The molecule has 1 aliphatic rings. The second-order valence-electron chi connectivity index (χ2n) is 8.28. The minimum absolute atomic E-state index is 0.0821. The van der Waals surface area contributed by atoms with Gasteiger partial charge in [-0.05, 0) is 54.0 Å². The van der Waals surface area contributed by atoms with Crippen LogP contribution < -0.4 is 15.5 Å². The molecule has 3 aromatic rings. The van der Waals surface area contributed by atoms with E-state index in [-0.39, 0.29) is 5.91 Å². The van der Waals surface area contributed by atoms with Gasteiger partial charge in [-0.1, -0.05) is 60.7 Å². The first-order chi connectivity index (χ1) is 16.2. The number of thiocarbonyl (C=S) groups is 1. The number of carbonyl (C=O) groups is 1. The average Bonchev–Trinajstić information content (AvgIpc) is 2.85. The fraction of sp³-hybridized carbons (Fsp3) is 0.259. The SMILES string of the molecule is O=C(CCc1ccccc1)NC(=S)Nc1ccc(N2CCN(Cc3ccccc3)CC2)cc1. The van der Waals surface area contributed by atoms with Gasteiger partial charge in [0.05, 0.1) is 0 Å². The second-order valence-corrected chi connectivity index (χ2v) is 8.69. The molecule has 0 radical (unpaired) electrons. The lowest BCUT2D eigenvalue weighted by molar-refractivity contribution is -0.119. The van der Waals surface area contributed by atoms with Crippen molar-refractivity contribution < 1.29 is 4.79 Å². The Morgan fingerprint density at radius 3 is 2.03 bits per heavy atom. The summed E-state index contributed by atoms with van der Waals surface area (Å²) in [5.41, 5.74) is 4.58. The van der Waals surface area contributed by atoms with E-state index in [0.717, 1.165) is 44.0 Å². The van der Waals surface area contributed by atoms with Gasteiger partial charge in [0, 0.05) is 50.5 Å². The van der Waals surface area contributed by atoms with Gasteiger partial charge >= 0.3 is 0 Å². The molecule has 33 heavy (non-hydrogen) atoms. The molecular formula is C27H30N4OS. The highest BCUT2D eigenvalue weighted by molar-refractivity contribution is 7.80. The molecular weight excluding hydrogens is 428 g/mol. The van der Waals surface area contributed by atoms with Crippen LogP contribution in [0.1, 0.15) is 17.5 Å². The minimum atomic E-state index is -0.0821. The van der Waals surface area contributed by atoms with Crippen molar-refractivity contribution in [3.8, 4) is 0 Å². The Balaban J connectivity index is 1.20. The predicted molar refractivity (Wildman–Crippen MR) is 140 cm³/mol. The van der Waals surface area contributed by atoms with Crippen molar-refractivity contribution in [2.45, 2.75) is 19.4 Å². The van der Waals surface area contributed by atoms with E-state index >= 15 is 0 Å². The standard InChI is InChI=1S/C27H30N4OS/c32-26(16-11-22-7-3-1-4-8-22)29-27(33)28-24-12-14-25(15-13-24)31-19-17-30(18-20-31)21-23-9-5-2-6-10-23/h1-10,12-15H,11,16-21H2,(H2,28,29,32,33). The monoisotopic (exact) mass is 458 g/mol. The summed E-state index contributed by atoms with van der Waals surface area (Å²) >= 11 is 5.31. The van der Waals surface area contributed by atoms with Gasteiger partial charge in [0.15, 0.2) is 5.11 Å². The number of nitrogens with one attached hydrogen (secondary N) is 2. The van der Waals surface area contributed by atoms with Gasteiger partial charge in [-0.25, -0.2) is 0 Å². The number of rotatable bonds is 7. The Labute approximate surface area is 201 Å². The third-order valence-electron chi connectivity index (χ3n) is 5.85. The van der Waals surface area contributed by atoms with E-state index in [1.54, 1.807) is 0 Å². The van der Waals surface area contributed by atoms with E-state index in [9.17, 15) is 4.79 Å². The zero-order chi connectivity index (χ0) is 22.9. The van der Waals surface area contributed by atoms with Crippen molar-refractivity contribution in [1.82, 2.24) is 10.2 Å². The van der Waals surface area contributed by atoms with Gasteiger partial charge in [0.25, 0.3) is 0 Å². The number of amides is 1. The molecule has 1 heterocycles. The highest BCUT2D eigenvalue weighted by atomic mass is 32.1. The number of benzene rings is 3. The van der Waals surface area contributed by atoms with Crippen molar-refractivity contribution in [3.63, 3.8) is 0 Å². The Kier molecular flexibility index (Phi) is 8.06. The zero-order valence-corrected chi connectivity index (χ0v) is 19.6. The Hall–Kier alpha value is -3.22. The number of hydrogen-bond donors (Lipinski definition) is 2. The normalized spacial score (nSPS) is 14.0. The van der Waals surface area contributed by atoms with Crippen LogP contribution in [0.5, 0.6) is 0 Å². The highest BCUT2D eigenvalue weighted by Crippen LogP contribution is 2.20. The van der Waals surface area contributed by atoms with Crippen LogP contribution in [0, 0.1) is 0 Å².